The highest BCUT2D eigenvalue weighted by Crippen LogP contribution is 2.19. The number of benzene rings is 2. The number of aliphatic hydroxyl groups excluding tert-OH is 1. The number of aromatic nitrogens is 4. The number of imidazole rings is 1. The molecule has 0 amide bonds. The van der Waals surface area contributed by atoms with E-state index in [9.17, 15) is 14.7 Å². The van der Waals surface area contributed by atoms with Gasteiger partial charge in [0.25, 0.3) is 5.56 Å². The molecule has 4 rings (SSSR count). The lowest BCUT2D eigenvalue weighted by molar-refractivity contribution is 0.0938. The number of rotatable bonds is 8. The van der Waals surface area contributed by atoms with Gasteiger partial charge in [0.05, 0.1) is 6.54 Å². The standard InChI is InChI=1S/C23H24ClN5O4/c1-27-20-19(21(31)28(2)23(27)32)29(22(26-20)25-12-15-6-4-3-5-7-15)13-17(30)14-33-18-10-8-16(24)9-11-18/h3-11,17,30H,12-14H2,1-2H3,(H,25,26)/t17-/m1/s1. The summed E-state index contributed by atoms with van der Waals surface area (Å²) in [4.78, 5) is 29.8. The van der Waals surface area contributed by atoms with Crippen LogP contribution in [-0.4, -0.2) is 36.5 Å². The number of nitrogens with zero attached hydrogens (tertiary/aromatic N) is 4. The molecule has 0 aliphatic heterocycles. The first-order valence-corrected chi connectivity index (χ1v) is 10.7. The van der Waals surface area contributed by atoms with Gasteiger partial charge < -0.3 is 19.7 Å². The summed E-state index contributed by atoms with van der Waals surface area (Å²) in [6.45, 7) is 0.482. The molecular weight excluding hydrogens is 446 g/mol. The van der Waals surface area contributed by atoms with Gasteiger partial charge in [0.2, 0.25) is 5.95 Å². The van der Waals surface area contributed by atoms with Gasteiger partial charge in [-0.1, -0.05) is 41.9 Å². The number of ether oxygens (including phenoxy) is 1. The molecule has 172 valence electrons. The van der Waals surface area contributed by atoms with Crippen LogP contribution < -0.4 is 21.3 Å². The van der Waals surface area contributed by atoms with Crippen LogP contribution in [0.5, 0.6) is 5.75 Å². The van der Waals surface area contributed by atoms with Gasteiger partial charge in [-0.25, -0.2) is 4.79 Å². The van der Waals surface area contributed by atoms with Crippen molar-refractivity contribution < 1.29 is 9.84 Å². The van der Waals surface area contributed by atoms with E-state index in [1.807, 2.05) is 30.3 Å². The van der Waals surface area contributed by atoms with Gasteiger partial charge in [0, 0.05) is 25.7 Å². The number of hydrogen-bond acceptors (Lipinski definition) is 6. The van der Waals surface area contributed by atoms with E-state index in [0.29, 0.717) is 23.3 Å². The Hall–Kier alpha value is -3.56. The molecule has 0 saturated carbocycles. The van der Waals surface area contributed by atoms with Crippen LogP contribution in [0.2, 0.25) is 5.02 Å². The Balaban J connectivity index is 1.65. The zero-order chi connectivity index (χ0) is 23.5. The minimum absolute atomic E-state index is 0.00842. The molecule has 9 nitrogen and oxygen atoms in total. The zero-order valence-corrected chi connectivity index (χ0v) is 19.0. The Bertz CT molecular complexity index is 1380. The van der Waals surface area contributed by atoms with E-state index in [2.05, 4.69) is 10.3 Å². The SMILES string of the molecule is Cn1c(=O)c2c(nc(NCc3ccccc3)n2C[C@@H](O)COc2ccc(Cl)cc2)n(C)c1=O. The average Bonchev–Trinajstić information content (AvgIpc) is 3.18. The molecular formula is C23H24ClN5O4. The molecule has 2 N–H and O–H groups in total. The van der Waals surface area contributed by atoms with Crippen molar-refractivity contribution in [1.29, 1.82) is 0 Å². The van der Waals surface area contributed by atoms with Crippen molar-refractivity contribution in [2.45, 2.75) is 19.2 Å². The molecule has 0 saturated heterocycles. The highest BCUT2D eigenvalue weighted by molar-refractivity contribution is 6.30. The van der Waals surface area contributed by atoms with Crippen molar-refractivity contribution in [2.75, 3.05) is 11.9 Å². The maximum Gasteiger partial charge on any atom is 0.332 e. The molecule has 0 bridgehead atoms. The summed E-state index contributed by atoms with van der Waals surface area (Å²) in [6.07, 6.45) is -0.947. The molecule has 0 aliphatic rings. The number of anilines is 1. The van der Waals surface area contributed by atoms with Crippen molar-refractivity contribution >= 4 is 28.7 Å². The topological polar surface area (TPSA) is 103 Å². The third-order valence-corrected chi connectivity index (χ3v) is 5.54. The number of aryl methyl sites for hydroxylation is 1. The van der Waals surface area contributed by atoms with Crippen LogP contribution in [0.1, 0.15) is 5.56 Å². The summed E-state index contributed by atoms with van der Waals surface area (Å²) < 4.78 is 9.58. The Morgan fingerprint density at radius 3 is 2.45 bits per heavy atom. The Labute approximate surface area is 194 Å². The van der Waals surface area contributed by atoms with E-state index >= 15 is 0 Å². The molecule has 0 aliphatic carbocycles. The number of fused-ring (bicyclic) bond motifs is 1. The van der Waals surface area contributed by atoms with E-state index in [-0.39, 0.29) is 24.3 Å². The van der Waals surface area contributed by atoms with Crippen molar-refractivity contribution in [3.05, 3.63) is 86.0 Å². The number of halogens is 1. The molecule has 1 atom stereocenters. The number of hydrogen-bond donors (Lipinski definition) is 2. The van der Waals surface area contributed by atoms with Crippen molar-refractivity contribution in [3.8, 4) is 5.75 Å². The first-order chi connectivity index (χ1) is 15.8. The fraction of sp³-hybridized carbons (Fsp3) is 0.261. The fourth-order valence-corrected chi connectivity index (χ4v) is 3.65. The minimum Gasteiger partial charge on any atom is -0.491 e. The summed E-state index contributed by atoms with van der Waals surface area (Å²) >= 11 is 5.89. The molecule has 10 heteroatoms. The van der Waals surface area contributed by atoms with E-state index in [1.54, 1.807) is 35.9 Å². The molecule has 2 heterocycles. The lowest BCUT2D eigenvalue weighted by atomic mass is 10.2. The normalized spacial score (nSPS) is 12.1. The molecule has 33 heavy (non-hydrogen) atoms. The summed E-state index contributed by atoms with van der Waals surface area (Å²) in [5, 5.41) is 14.5. The summed E-state index contributed by atoms with van der Waals surface area (Å²) in [7, 11) is 2.97. The Morgan fingerprint density at radius 1 is 1.06 bits per heavy atom. The summed E-state index contributed by atoms with van der Waals surface area (Å²) in [5.74, 6) is 0.937. The lowest BCUT2D eigenvalue weighted by Crippen LogP contribution is -2.38. The second kappa shape index (κ2) is 9.51. The van der Waals surface area contributed by atoms with Crippen molar-refractivity contribution in [3.63, 3.8) is 0 Å². The van der Waals surface area contributed by atoms with Crippen LogP contribution in [0.3, 0.4) is 0 Å². The van der Waals surface area contributed by atoms with Gasteiger partial charge in [-0.3, -0.25) is 13.9 Å². The third kappa shape index (κ3) is 4.79. The van der Waals surface area contributed by atoms with E-state index < -0.39 is 17.4 Å². The number of nitrogens with one attached hydrogen (secondary N) is 1. The van der Waals surface area contributed by atoms with Crippen LogP contribution >= 0.6 is 11.6 Å². The molecule has 2 aromatic carbocycles. The number of aliphatic hydroxyl groups is 1. The second-order valence-corrected chi connectivity index (χ2v) is 8.12. The lowest BCUT2D eigenvalue weighted by Gasteiger charge is -2.16. The van der Waals surface area contributed by atoms with Crippen LogP contribution in [0.25, 0.3) is 11.2 Å². The smallest absolute Gasteiger partial charge is 0.332 e. The maximum absolute atomic E-state index is 12.9. The van der Waals surface area contributed by atoms with Gasteiger partial charge in [-0.05, 0) is 29.8 Å². The average molecular weight is 470 g/mol. The first-order valence-electron chi connectivity index (χ1n) is 10.4. The van der Waals surface area contributed by atoms with Crippen molar-refractivity contribution in [1.82, 2.24) is 18.7 Å². The van der Waals surface area contributed by atoms with E-state index in [0.717, 1.165) is 10.1 Å². The Kier molecular flexibility index (Phi) is 6.52. The van der Waals surface area contributed by atoms with Crippen LogP contribution in [-0.2, 0) is 27.2 Å². The highest BCUT2D eigenvalue weighted by atomic mass is 35.5. The predicted molar refractivity (Wildman–Crippen MR) is 127 cm³/mol. The highest BCUT2D eigenvalue weighted by Gasteiger charge is 2.21. The molecule has 0 spiro atoms. The molecule has 2 aromatic heterocycles. The maximum atomic E-state index is 12.9. The van der Waals surface area contributed by atoms with Gasteiger partial charge in [-0.2, -0.15) is 4.98 Å². The monoisotopic (exact) mass is 469 g/mol. The predicted octanol–water partition coefficient (Wildman–Crippen LogP) is 2.14. The summed E-state index contributed by atoms with van der Waals surface area (Å²) in [5.41, 5.74) is 0.521. The van der Waals surface area contributed by atoms with Gasteiger partial charge in [-0.15, -0.1) is 0 Å². The molecule has 4 aromatic rings. The first kappa shape index (κ1) is 22.6. The van der Waals surface area contributed by atoms with Gasteiger partial charge in [0.1, 0.15) is 18.5 Å². The van der Waals surface area contributed by atoms with Crippen LogP contribution in [0.4, 0.5) is 5.95 Å². The fourth-order valence-electron chi connectivity index (χ4n) is 3.52. The third-order valence-electron chi connectivity index (χ3n) is 5.29. The quantitative estimate of drug-likeness (QED) is 0.410. The largest absolute Gasteiger partial charge is 0.491 e. The van der Waals surface area contributed by atoms with E-state index in [1.165, 1.54) is 11.6 Å². The Morgan fingerprint density at radius 2 is 1.76 bits per heavy atom. The minimum atomic E-state index is -0.947. The zero-order valence-electron chi connectivity index (χ0n) is 18.2. The van der Waals surface area contributed by atoms with Crippen LogP contribution in [0, 0.1) is 0 Å². The van der Waals surface area contributed by atoms with Gasteiger partial charge in [0.15, 0.2) is 11.2 Å². The molecule has 0 fully saturated rings. The van der Waals surface area contributed by atoms with Crippen molar-refractivity contribution in [2.24, 2.45) is 14.1 Å². The molecule has 0 radical (unpaired) electrons. The van der Waals surface area contributed by atoms with E-state index in [4.69, 9.17) is 16.3 Å². The summed E-state index contributed by atoms with van der Waals surface area (Å²) in [6, 6.07) is 16.5. The molecule has 0 unspecified atom stereocenters. The van der Waals surface area contributed by atoms with Crippen LogP contribution in [0.15, 0.2) is 64.2 Å². The van der Waals surface area contributed by atoms with Gasteiger partial charge >= 0.3 is 5.69 Å². The second-order valence-electron chi connectivity index (χ2n) is 7.68.